The van der Waals surface area contributed by atoms with Crippen LogP contribution in [0.3, 0.4) is 0 Å². The van der Waals surface area contributed by atoms with Gasteiger partial charge < -0.3 is 15.7 Å². The van der Waals surface area contributed by atoms with Crippen molar-refractivity contribution in [2.24, 2.45) is 0 Å². The van der Waals surface area contributed by atoms with Gasteiger partial charge in [-0.15, -0.1) is 0 Å². The van der Waals surface area contributed by atoms with E-state index < -0.39 is 5.60 Å². The predicted octanol–water partition coefficient (Wildman–Crippen LogP) is 2.74. The molecule has 0 amide bonds. The van der Waals surface area contributed by atoms with Crippen LogP contribution < -0.4 is 10.6 Å². The summed E-state index contributed by atoms with van der Waals surface area (Å²) in [7, 11) is 0. The normalized spacial score (nSPS) is 13.9. The zero-order valence-electron chi connectivity index (χ0n) is 13.4. The molecule has 114 valence electrons. The highest BCUT2D eigenvalue weighted by Gasteiger charge is 2.18. The van der Waals surface area contributed by atoms with Gasteiger partial charge in [0, 0.05) is 25.1 Å². The molecule has 0 radical (unpaired) electrons. The van der Waals surface area contributed by atoms with Crippen LogP contribution in [0.4, 0.5) is 11.6 Å². The first-order valence-electron chi connectivity index (χ1n) is 7.51. The molecule has 20 heavy (non-hydrogen) atoms. The summed E-state index contributed by atoms with van der Waals surface area (Å²) >= 11 is 0. The lowest BCUT2D eigenvalue weighted by molar-refractivity contribution is 0.0696. The Bertz CT molecular complexity index is 432. The number of aliphatic hydroxyl groups is 1. The molecule has 0 aromatic carbocycles. The summed E-state index contributed by atoms with van der Waals surface area (Å²) in [5, 5.41) is 16.6. The zero-order chi connectivity index (χ0) is 15.2. The topological polar surface area (TPSA) is 70.1 Å². The Labute approximate surface area is 122 Å². The average Bonchev–Trinajstić information content (AvgIpc) is 2.41. The van der Waals surface area contributed by atoms with E-state index >= 15 is 0 Å². The quantitative estimate of drug-likeness (QED) is 0.683. The molecule has 1 rings (SSSR count). The van der Waals surface area contributed by atoms with Gasteiger partial charge in [-0.25, -0.2) is 9.97 Å². The van der Waals surface area contributed by atoms with Crippen molar-refractivity contribution in [1.29, 1.82) is 0 Å². The van der Waals surface area contributed by atoms with Gasteiger partial charge >= 0.3 is 0 Å². The van der Waals surface area contributed by atoms with Crippen molar-refractivity contribution < 1.29 is 5.11 Å². The van der Waals surface area contributed by atoms with Crippen molar-refractivity contribution >= 4 is 11.6 Å². The molecular formula is C15H28N4O. The molecule has 0 aliphatic carbocycles. The van der Waals surface area contributed by atoms with Crippen LogP contribution in [-0.2, 0) is 6.42 Å². The van der Waals surface area contributed by atoms with Gasteiger partial charge in [0.1, 0.15) is 17.5 Å². The summed E-state index contributed by atoms with van der Waals surface area (Å²) < 4.78 is 0. The highest BCUT2D eigenvalue weighted by Crippen LogP contribution is 2.21. The van der Waals surface area contributed by atoms with Crippen molar-refractivity contribution in [2.75, 3.05) is 23.7 Å². The average molecular weight is 280 g/mol. The SMILES string of the molecule is CCCc1nc(NCC)c(C)c(NCC(C)(O)CC)n1. The Kier molecular flexibility index (Phi) is 6.20. The van der Waals surface area contributed by atoms with Crippen LogP contribution in [0.15, 0.2) is 0 Å². The summed E-state index contributed by atoms with van der Waals surface area (Å²) in [6, 6.07) is 0. The van der Waals surface area contributed by atoms with E-state index in [0.29, 0.717) is 13.0 Å². The Morgan fingerprint density at radius 3 is 2.20 bits per heavy atom. The maximum atomic E-state index is 10.1. The molecule has 1 heterocycles. The fourth-order valence-corrected chi connectivity index (χ4v) is 1.81. The van der Waals surface area contributed by atoms with E-state index in [1.807, 2.05) is 20.8 Å². The van der Waals surface area contributed by atoms with Gasteiger partial charge in [0.2, 0.25) is 0 Å². The standard InChI is InChI=1S/C15H28N4O/c1-6-9-12-18-13(16-8-3)11(4)14(19-12)17-10-15(5,20)7-2/h20H,6-10H2,1-5H3,(H2,16,17,18,19). The summed E-state index contributed by atoms with van der Waals surface area (Å²) in [5.41, 5.74) is 0.277. The predicted molar refractivity (Wildman–Crippen MR) is 84.3 cm³/mol. The Morgan fingerprint density at radius 1 is 1.10 bits per heavy atom. The highest BCUT2D eigenvalue weighted by atomic mass is 16.3. The minimum Gasteiger partial charge on any atom is -0.388 e. The third kappa shape index (κ3) is 4.63. The first kappa shape index (κ1) is 16.7. The van der Waals surface area contributed by atoms with E-state index in [1.54, 1.807) is 0 Å². The van der Waals surface area contributed by atoms with Gasteiger partial charge in [0.05, 0.1) is 5.60 Å². The van der Waals surface area contributed by atoms with E-state index in [1.165, 1.54) is 0 Å². The fraction of sp³-hybridized carbons (Fsp3) is 0.733. The van der Waals surface area contributed by atoms with Crippen LogP contribution in [0.25, 0.3) is 0 Å². The molecule has 5 nitrogen and oxygen atoms in total. The van der Waals surface area contributed by atoms with E-state index in [9.17, 15) is 5.11 Å². The lowest BCUT2D eigenvalue weighted by atomic mass is 10.0. The van der Waals surface area contributed by atoms with Gasteiger partial charge in [-0.1, -0.05) is 13.8 Å². The van der Waals surface area contributed by atoms with Crippen LogP contribution in [0.1, 0.15) is 51.9 Å². The lowest BCUT2D eigenvalue weighted by Crippen LogP contribution is -2.33. The maximum absolute atomic E-state index is 10.1. The molecule has 0 spiro atoms. The van der Waals surface area contributed by atoms with E-state index in [-0.39, 0.29) is 0 Å². The van der Waals surface area contributed by atoms with Crippen molar-refractivity contribution in [3.05, 3.63) is 11.4 Å². The smallest absolute Gasteiger partial charge is 0.134 e. The first-order valence-corrected chi connectivity index (χ1v) is 7.51. The molecule has 0 aliphatic heterocycles. The molecule has 0 saturated heterocycles. The largest absolute Gasteiger partial charge is 0.388 e. The molecule has 5 heteroatoms. The monoisotopic (exact) mass is 280 g/mol. The molecular weight excluding hydrogens is 252 g/mol. The van der Waals surface area contributed by atoms with Crippen LogP contribution in [0.5, 0.6) is 0 Å². The van der Waals surface area contributed by atoms with Crippen molar-refractivity contribution in [2.45, 2.75) is 59.5 Å². The molecule has 1 atom stereocenters. The van der Waals surface area contributed by atoms with Crippen LogP contribution in [-0.4, -0.2) is 33.8 Å². The number of hydrogen-bond acceptors (Lipinski definition) is 5. The molecule has 0 bridgehead atoms. The minimum absolute atomic E-state index is 0.485. The molecule has 0 aliphatic rings. The van der Waals surface area contributed by atoms with Gasteiger partial charge in [0.15, 0.2) is 0 Å². The number of nitrogens with zero attached hydrogens (tertiary/aromatic N) is 2. The number of rotatable bonds is 8. The summed E-state index contributed by atoms with van der Waals surface area (Å²) in [6.07, 6.45) is 2.57. The zero-order valence-corrected chi connectivity index (χ0v) is 13.4. The third-order valence-electron chi connectivity index (χ3n) is 3.41. The summed E-state index contributed by atoms with van der Waals surface area (Å²) in [5.74, 6) is 2.53. The third-order valence-corrected chi connectivity index (χ3v) is 3.41. The number of aryl methyl sites for hydroxylation is 1. The molecule has 1 unspecified atom stereocenters. The number of anilines is 2. The molecule has 1 aromatic heterocycles. The van der Waals surface area contributed by atoms with Crippen molar-refractivity contribution in [3.63, 3.8) is 0 Å². The second-order valence-electron chi connectivity index (χ2n) is 5.45. The molecule has 0 fully saturated rings. The number of nitrogens with one attached hydrogen (secondary N) is 2. The highest BCUT2D eigenvalue weighted by molar-refractivity contribution is 5.57. The summed E-state index contributed by atoms with van der Waals surface area (Å²) in [4.78, 5) is 9.12. The van der Waals surface area contributed by atoms with E-state index in [2.05, 4.69) is 34.4 Å². The van der Waals surface area contributed by atoms with Gasteiger partial charge in [-0.2, -0.15) is 0 Å². The molecule has 1 aromatic rings. The number of hydrogen-bond donors (Lipinski definition) is 3. The Balaban J connectivity index is 2.97. The molecule has 3 N–H and O–H groups in total. The first-order chi connectivity index (χ1) is 9.43. The van der Waals surface area contributed by atoms with E-state index in [4.69, 9.17) is 0 Å². The number of aromatic nitrogens is 2. The molecule has 0 saturated carbocycles. The van der Waals surface area contributed by atoms with Crippen LogP contribution >= 0.6 is 0 Å². The Hall–Kier alpha value is -1.36. The Morgan fingerprint density at radius 2 is 1.70 bits per heavy atom. The van der Waals surface area contributed by atoms with Gasteiger partial charge in [0.25, 0.3) is 0 Å². The lowest BCUT2D eigenvalue weighted by Gasteiger charge is -2.23. The van der Waals surface area contributed by atoms with E-state index in [0.717, 1.165) is 42.4 Å². The fourth-order valence-electron chi connectivity index (χ4n) is 1.81. The van der Waals surface area contributed by atoms with Gasteiger partial charge in [-0.3, -0.25) is 0 Å². The second kappa shape index (κ2) is 7.43. The van der Waals surface area contributed by atoms with Crippen LogP contribution in [0.2, 0.25) is 0 Å². The second-order valence-corrected chi connectivity index (χ2v) is 5.45. The van der Waals surface area contributed by atoms with Crippen LogP contribution in [0, 0.1) is 6.92 Å². The maximum Gasteiger partial charge on any atom is 0.134 e. The van der Waals surface area contributed by atoms with Crippen molar-refractivity contribution in [1.82, 2.24) is 9.97 Å². The minimum atomic E-state index is -0.722. The van der Waals surface area contributed by atoms with Gasteiger partial charge in [-0.05, 0) is 33.6 Å². The van der Waals surface area contributed by atoms with Crippen molar-refractivity contribution in [3.8, 4) is 0 Å². The summed E-state index contributed by atoms with van der Waals surface area (Å²) in [6.45, 7) is 11.3.